The fourth-order valence-corrected chi connectivity index (χ4v) is 3.06. The highest BCUT2D eigenvalue weighted by molar-refractivity contribution is 5.96. The molecule has 2 aromatic rings. The monoisotopic (exact) mass is 309 g/mol. The molecule has 0 spiro atoms. The number of methoxy groups -OCH3 is 1. The maximum atomic E-state index is 14.7. The standard InChI is InChI=1S/C16H17F2NO3/c1-19(2)8-4-5-12-9(6-8)13-14(18)10(16(20)21-3)7-11(17)15(13)22-12/h7-8H,4-6H2,1-3H3. The minimum absolute atomic E-state index is 0.0712. The first-order chi connectivity index (χ1) is 10.4. The summed E-state index contributed by atoms with van der Waals surface area (Å²) in [5, 5.41) is 0.0712. The van der Waals surface area contributed by atoms with Gasteiger partial charge in [0.25, 0.3) is 0 Å². The quantitative estimate of drug-likeness (QED) is 0.800. The molecule has 1 aliphatic carbocycles. The zero-order valence-electron chi connectivity index (χ0n) is 12.7. The maximum Gasteiger partial charge on any atom is 0.340 e. The van der Waals surface area contributed by atoms with Crippen LogP contribution in [0.1, 0.15) is 28.1 Å². The van der Waals surface area contributed by atoms with Gasteiger partial charge in [0.15, 0.2) is 11.4 Å². The lowest BCUT2D eigenvalue weighted by Gasteiger charge is -2.27. The molecular formula is C16H17F2NO3. The van der Waals surface area contributed by atoms with E-state index in [-0.39, 0.29) is 17.0 Å². The fraction of sp³-hybridized carbons (Fsp3) is 0.438. The molecule has 1 atom stereocenters. The van der Waals surface area contributed by atoms with E-state index in [4.69, 9.17) is 4.42 Å². The van der Waals surface area contributed by atoms with E-state index in [1.807, 2.05) is 14.1 Å². The fourth-order valence-electron chi connectivity index (χ4n) is 3.06. The van der Waals surface area contributed by atoms with Gasteiger partial charge in [0.05, 0.1) is 18.1 Å². The van der Waals surface area contributed by atoms with Crippen LogP contribution in [-0.2, 0) is 17.6 Å². The van der Waals surface area contributed by atoms with Crippen molar-refractivity contribution in [1.82, 2.24) is 4.90 Å². The Bertz CT molecular complexity index is 752. The van der Waals surface area contributed by atoms with Gasteiger partial charge >= 0.3 is 5.97 Å². The van der Waals surface area contributed by atoms with Crippen LogP contribution in [-0.4, -0.2) is 38.1 Å². The number of rotatable bonds is 2. The van der Waals surface area contributed by atoms with Crippen molar-refractivity contribution in [3.05, 3.63) is 34.6 Å². The lowest BCUT2D eigenvalue weighted by Crippen LogP contribution is -2.33. The van der Waals surface area contributed by atoms with Crippen LogP contribution < -0.4 is 0 Å². The number of carbonyl (C=O) groups excluding carboxylic acids is 1. The molecule has 0 radical (unpaired) electrons. The first kappa shape index (κ1) is 15.0. The van der Waals surface area contributed by atoms with Gasteiger partial charge in [-0.3, -0.25) is 0 Å². The molecule has 22 heavy (non-hydrogen) atoms. The number of halogens is 2. The molecule has 0 bridgehead atoms. The Morgan fingerprint density at radius 1 is 1.41 bits per heavy atom. The molecule has 6 heteroatoms. The smallest absolute Gasteiger partial charge is 0.340 e. The Labute approximate surface area is 126 Å². The molecule has 0 aliphatic heterocycles. The van der Waals surface area contributed by atoms with Crippen molar-refractivity contribution >= 4 is 16.9 Å². The minimum Gasteiger partial charge on any atom is -0.465 e. The van der Waals surface area contributed by atoms with Gasteiger partial charge in [-0.25, -0.2) is 13.6 Å². The summed E-state index contributed by atoms with van der Waals surface area (Å²) in [4.78, 5) is 13.7. The van der Waals surface area contributed by atoms with Gasteiger partial charge in [-0.15, -0.1) is 0 Å². The van der Waals surface area contributed by atoms with Gasteiger partial charge in [0.1, 0.15) is 11.6 Å². The maximum absolute atomic E-state index is 14.7. The molecule has 1 aliphatic rings. The van der Waals surface area contributed by atoms with Crippen molar-refractivity contribution in [3.8, 4) is 0 Å². The van der Waals surface area contributed by atoms with Gasteiger partial charge in [-0.2, -0.15) is 0 Å². The van der Waals surface area contributed by atoms with Crippen molar-refractivity contribution in [3.63, 3.8) is 0 Å². The van der Waals surface area contributed by atoms with Gasteiger partial charge < -0.3 is 14.1 Å². The SMILES string of the molecule is COC(=O)c1cc(F)c2oc3c(c2c1F)CC(N(C)C)CC3. The normalized spacial score (nSPS) is 17.8. The van der Waals surface area contributed by atoms with Crippen LogP contribution >= 0.6 is 0 Å². The average molecular weight is 309 g/mol. The van der Waals surface area contributed by atoms with Crippen molar-refractivity contribution in [2.24, 2.45) is 0 Å². The third-order valence-electron chi connectivity index (χ3n) is 4.31. The third kappa shape index (κ3) is 2.18. The Morgan fingerprint density at radius 3 is 2.77 bits per heavy atom. The molecule has 0 N–H and O–H groups in total. The number of fused-ring (bicyclic) bond motifs is 3. The Balaban J connectivity index is 2.22. The second kappa shape index (κ2) is 5.35. The van der Waals surface area contributed by atoms with Crippen LogP contribution in [0, 0.1) is 11.6 Å². The zero-order valence-corrected chi connectivity index (χ0v) is 12.7. The van der Waals surface area contributed by atoms with Gasteiger partial charge in [0, 0.05) is 18.0 Å². The number of hydrogen-bond acceptors (Lipinski definition) is 4. The third-order valence-corrected chi connectivity index (χ3v) is 4.31. The summed E-state index contributed by atoms with van der Waals surface area (Å²) in [6.45, 7) is 0. The number of carbonyl (C=O) groups is 1. The number of furan rings is 1. The number of aryl methyl sites for hydroxylation is 1. The zero-order chi connectivity index (χ0) is 16.0. The van der Waals surface area contributed by atoms with E-state index in [9.17, 15) is 13.6 Å². The highest BCUT2D eigenvalue weighted by Gasteiger charge is 2.30. The van der Waals surface area contributed by atoms with Crippen molar-refractivity contribution in [1.29, 1.82) is 0 Å². The Morgan fingerprint density at radius 2 is 2.14 bits per heavy atom. The average Bonchev–Trinajstić information content (AvgIpc) is 2.89. The highest BCUT2D eigenvalue weighted by atomic mass is 19.1. The number of benzene rings is 1. The van der Waals surface area contributed by atoms with E-state index < -0.39 is 23.2 Å². The number of nitrogens with zero attached hydrogens (tertiary/aromatic N) is 1. The lowest BCUT2D eigenvalue weighted by atomic mass is 9.90. The number of hydrogen-bond donors (Lipinski definition) is 0. The van der Waals surface area contributed by atoms with E-state index in [0.717, 1.165) is 19.6 Å². The summed E-state index contributed by atoms with van der Waals surface area (Å²) in [6.07, 6.45) is 2.06. The summed E-state index contributed by atoms with van der Waals surface area (Å²) in [7, 11) is 5.04. The first-order valence-electron chi connectivity index (χ1n) is 7.11. The van der Waals surface area contributed by atoms with Gasteiger partial charge in [0.2, 0.25) is 0 Å². The summed E-state index contributed by atoms with van der Waals surface area (Å²) >= 11 is 0. The number of likely N-dealkylation sites (N-methyl/N-ethyl adjacent to an activating group) is 1. The lowest BCUT2D eigenvalue weighted by molar-refractivity contribution is 0.0595. The summed E-state index contributed by atoms with van der Waals surface area (Å²) in [5.41, 5.74) is 0.139. The van der Waals surface area contributed by atoms with E-state index in [2.05, 4.69) is 9.64 Å². The van der Waals surface area contributed by atoms with Crippen LogP contribution in [0.25, 0.3) is 11.0 Å². The van der Waals surface area contributed by atoms with Crippen LogP contribution in [0.2, 0.25) is 0 Å². The van der Waals surface area contributed by atoms with Gasteiger partial charge in [-0.1, -0.05) is 0 Å². The van der Waals surface area contributed by atoms with Crippen LogP contribution in [0.15, 0.2) is 10.5 Å². The van der Waals surface area contributed by atoms with Crippen molar-refractivity contribution in [2.75, 3.05) is 21.2 Å². The largest absolute Gasteiger partial charge is 0.465 e. The van der Waals surface area contributed by atoms with E-state index in [0.29, 0.717) is 24.2 Å². The summed E-state index contributed by atoms with van der Waals surface area (Å²) in [6, 6.07) is 1.07. The minimum atomic E-state index is -0.895. The molecule has 0 amide bonds. The molecule has 0 saturated heterocycles. The molecule has 0 fully saturated rings. The highest BCUT2D eigenvalue weighted by Crippen LogP contribution is 2.37. The summed E-state index contributed by atoms with van der Waals surface area (Å²) < 4.78 is 38.9. The number of esters is 1. The molecule has 4 nitrogen and oxygen atoms in total. The molecule has 1 heterocycles. The Hall–Kier alpha value is -1.95. The van der Waals surface area contributed by atoms with E-state index >= 15 is 0 Å². The first-order valence-corrected chi connectivity index (χ1v) is 7.11. The van der Waals surface area contributed by atoms with Crippen LogP contribution in [0.3, 0.4) is 0 Å². The predicted octanol–water partition coefficient (Wildman–Crippen LogP) is 2.92. The number of ether oxygens (including phenoxy) is 1. The topological polar surface area (TPSA) is 42.7 Å². The second-order valence-electron chi connectivity index (χ2n) is 5.78. The van der Waals surface area contributed by atoms with Gasteiger partial charge in [-0.05, 0) is 33.0 Å². The van der Waals surface area contributed by atoms with Crippen LogP contribution in [0.5, 0.6) is 0 Å². The van der Waals surface area contributed by atoms with Crippen molar-refractivity contribution < 1.29 is 22.7 Å². The molecule has 118 valence electrons. The van der Waals surface area contributed by atoms with Crippen LogP contribution in [0.4, 0.5) is 8.78 Å². The molecule has 0 saturated carbocycles. The molecule has 3 rings (SSSR count). The van der Waals surface area contributed by atoms with E-state index in [1.54, 1.807) is 0 Å². The van der Waals surface area contributed by atoms with Crippen molar-refractivity contribution in [2.45, 2.75) is 25.3 Å². The molecule has 1 unspecified atom stereocenters. The Kier molecular flexibility index (Phi) is 3.64. The molecule has 1 aromatic heterocycles. The second-order valence-corrected chi connectivity index (χ2v) is 5.78. The molecular weight excluding hydrogens is 292 g/mol. The van der Waals surface area contributed by atoms with E-state index in [1.165, 1.54) is 0 Å². The summed E-state index contributed by atoms with van der Waals surface area (Å²) in [5.74, 6) is -1.80. The molecule has 1 aromatic carbocycles. The predicted molar refractivity (Wildman–Crippen MR) is 77.0 cm³/mol.